The van der Waals surface area contributed by atoms with E-state index in [0.29, 0.717) is 141 Å². The third-order valence-electron chi connectivity index (χ3n) is 21.3. The Balaban J connectivity index is 0.000000116. The van der Waals surface area contributed by atoms with E-state index in [1.807, 2.05) is 121 Å². The Labute approximate surface area is 769 Å². The van der Waals surface area contributed by atoms with Gasteiger partial charge in [-0.25, -0.2) is 29.9 Å². The van der Waals surface area contributed by atoms with Gasteiger partial charge >= 0.3 is 0 Å². The highest BCUT2D eigenvalue weighted by Gasteiger charge is 2.28. The number of nitriles is 2. The molecule has 0 aliphatic carbocycles. The van der Waals surface area contributed by atoms with Crippen LogP contribution in [0.2, 0.25) is 5.15 Å². The Hall–Kier alpha value is -17.7. The number of fused-ring (bicyclic) bond motifs is 5. The van der Waals surface area contributed by atoms with Gasteiger partial charge in [0.05, 0.1) is 78.4 Å². The molecule has 38 heteroatoms. The zero-order valence-corrected chi connectivity index (χ0v) is 74.0. The van der Waals surface area contributed by atoms with Gasteiger partial charge in [0.25, 0.3) is 0 Å². The van der Waals surface area contributed by atoms with Crippen molar-refractivity contribution in [3.05, 3.63) is 279 Å². The SMILES string of the molecule is Cn1nc(-c2ccc(-c3cccnc3)cc2)c(O)c1-c1nc2ccc(C(=N)N)cc2[nH]1.Cn1nc(-c2ccc(Br)cc2)c(O)c1-c1nc2ccc(C#N)cc2[nH]1.Cn1nc(-c2ccc(Br)cc2)c(O)c1-c1nc2ccc(C(=N)N)cc2[nH]1.Cn1nc(-c2ccc(Cl)nc2)c(O)c1-c1nc2ccc(C(=N)N)cc2[nH]1.Cn1nc(-c2ccccc2)c(O)c1-c1nc2ccc(C#N)cc2[nH]1. The number of pyridine rings is 2. The zero-order chi connectivity index (χ0) is 92.6. The molecule has 21 aromatic rings. The van der Waals surface area contributed by atoms with Crippen molar-refractivity contribution < 1.29 is 25.5 Å². The first-order valence-electron chi connectivity index (χ1n) is 40.0. The summed E-state index contributed by atoms with van der Waals surface area (Å²) in [4.78, 5) is 46.6. The predicted octanol–water partition coefficient (Wildman–Crippen LogP) is 16.9. The number of nitrogens with zero attached hydrogens (tertiary/aromatic N) is 19. The van der Waals surface area contributed by atoms with Crippen LogP contribution in [0.25, 0.3) is 180 Å². The fourth-order valence-corrected chi connectivity index (χ4v) is 15.4. The maximum absolute atomic E-state index is 11.0. The van der Waals surface area contributed by atoms with Crippen LogP contribution >= 0.6 is 43.5 Å². The third kappa shape index (κ3) is 17.3. The van der Waals surface area contributed by atoms with Gasteiger partial charge in [-0.1, -0.05) is 128 Å². The topological polar surface area (TPSA) is 557 Å². The second-order valence-electron chi connectivity index (χ2n) is 30.0. The van der Waals surface area contributed by atoms with Crippen molar-refractivity contribution in [1.82, 2.24) is 109 Å². The van der Waals surface area contributed by atoms with Gasteiger partial charge in [0.1, 0.15) is 79.6 Å². The molecule has 0 fully saturated rings. The molecular formula is C94H73Br2ClN30O5. The summed E-state index contributed by atoms with van der Waals surface area (Å²) in [5.41, 5.74) is 37.5. The second kappa shape index (κ2) is 36.0. The lowest BCUT2D eigenvalue weighted by molar-refractivity contribution is 0.477. The number of aromatic nitrogens is 22. The summed E-state index contributed by atoms with van der Waals surface area (Å²) >= 11 is 12.6. The highest BCUT2D eigenvalue weighted by Crippen LogP contribution is 2.44. The number of amidine groups is 3. The molecule has 0 saturated heterocycles. The summed E-state index contributed by atoms with van der Waals surface area (Å²) in [6.07, 6.45) is 5.10. The normalized spacial score (nSPS) is 11.0. The number of nitrogen functional groups attached to an aromatic ring is 3. The molecule has 19 N–H and O–H groups in total. The number of H-pyrrole nitrogens is 5. The van der Waals surface area contributed by atoms with Gasteiger partial charge in [-0.3, -0.25) is 44.6 Å². The van der Waals surface area contributed by atoms with Crippen molar-refractivity contribution >= 4 is 116 Å². The maximum atomic E-state index is 11.0. The molecule has 0 amide bonds. The average Bonchev–Trinajstić information content (AvgIpc) is 1.64. The Morgan fingerprint density at radius 3 is 0.917 bits per heavy atom. The van der Waals surface area contributed by atoms with E-state index in [9.17, 15) is 25.5 Å². The predicted molar refractivity (Wildman–Crippen MR) is 511 cm³/mol. The molecule has 132 heavy (non-hydrogen) atoms. The number of hydrogen-bond donors (Lipinski definition) is 16. The summed E-state index contributed by atoms with van der Waals surface area (Å²) in [5, 5.41) is 117. The van der Waals surface area contributed by atoms with E-state index in [0.717, 1.165) is 80.9 Å². The summed E-state index contributed by atoms with van der Waals surface area (Å²) in [7, 11) is 8.75. The van der Waals surface area contributed by atoms with Crippen LogP contribution in [0.15, 0.2) is 246 Å². The zero-order valence-electron chi connectivity index (χ0n) is 70.1. The summed E-state index contributed by atoms with van der Waals surface area (Å²) in [5.74, 6) is 2.62. The number of nitrogens with two attached hydrogens (primary N) is 3. The van der Waals surface area contributed by atoms with Crippen LogP contribution < -0.4 is 17.2 Å². The first-order valence-corrected chi connectivity index (χ1v) is 41.9. The van der Waals surface area contributed by atoms with E-state index < -0.39 is 0 Å². The Morgan fingerprint density at radius 1 is 0.341 bits per heavy atom. The number of halogens is 3. The molecule has 0 atom stereocenters. The maximum Gasteiger partial charge on any atom is 0.173 e. The van der Waals surface area contributed by atoms with Crippen molar-refractivity contribution in [2.24, 2.45) is 52.4 Å². The number of hydrogen-bond acceptors (Lipinski definition) is 22. The molecule has 0 aliphatic heterocycles. The molecule has 12 aromatic heterocycles. The molecule has 9 aromatic carbocycles. The van der Waals surface area contributed by atoms with E-state index in [1.54, 1.807) is 174 Å². The van der Waals surface area contributed by atoms with E-state index in [-0.39, 0.29) is 46.3 Å². The van der Waals surface area contributed by atoms with Gasteiger partial charge in [-0.05, 0) is 145 Å². The number of aromatic amines is 5. The summed E-state index contributed by atoms with van der Waals surface area (Å²) < 4.78 is 9.84. The van der Waals surface area contributed by atoms with E-state index in [1.165, 1.54) is 0 Å². The van der Waals surface area contributed by atoms with Crippen LogP contribution in [-0.4, -0.2) is 152 Å². The second-order valence-corrected chi connectivity index (χ2v) is 32.2. The first-order chi connectivity index (χ1) is 63.6. The first kappa shape index (κ1) is 86.4. The average molecular weight is 1900 g/mol. The lowest BCUT2D eigenvalue weighted by Crippen LogP contribution is -2.10. The smallest absolute Gasteiger partial charge is 0.173 e. The van der Waals surface area contributed by atoms with Crippen LogP contribution in [0, 0.1) is 38.9 Å². The summed E-state index contributed by atoms with van der Waals surface area (Å²) in [6.45, 7) is 0. The molecule has 0 spiro atoms. The van der Waals surface area contributed by atoms with Gasteiger partial charge in [-0.15, -0.1) is 0 Å². The van der Waals surface area contributed by atoms with Crippen LogP contribution in [0.5, 0.6) is 28.7 Å². The highest BCUT2D eigenvalue weighted by atomic mass is 79.9. The van der Waals surface area contributed by atoms with Gasteiger partial charge in [-0.2, -0.15) is 36.0 Å². The number of imidazole rings is 5. The number of aryl methyl sites for hydroxylation is 5. The van der Waals surface area contributed by atoms with Gasteiger partial charge in [0.2, 0.25) is 0 Å². The van der Waals surface area contributed by atoms with Crippen LogP contribution in [-0.2, 0) is 35.2 Å². The van der Waals surface area contributed by atoms with Crippen LogP contribution in [0.1, 0.15) is 27.8 Å². The van der Waals surface area contributed by atoms with Crippen molar-refractivity contribution in [3.8, 4) is 166 Å². The minimum atomic E-state index is -0.0241. The van der Waals surface area contributed by atoms with Crippen molar-refractivity contribution in [2.45, 2.75) is 0 Å². The van der Waals surface area contributed by atoms with Gasteiger partial charge in [0.15, 0.2) is 57.9 Å². The van der Waals surface area contributed by atoms with Gasteiger partial charge in [0, 0.05) is 107 Å². The van der Waals surface area contributed by atoms with E-state index in [4.69, 9.17) is 55.6 Å². The number of aromatic hydroxyl groups is 5. The molecular weight excluding hydrogens is 1820 g/mol. The van der Waals surface area contributed by atoms with Crippen LogP contribution in [0.4, 0.5) is 0 Å². The highest BCUT2D eigenvalue weighted by molar-refractivity contribution is 9.10. The van der Waals surface area contributed by atoms with Crippen molar-refractivity contribution in [2.75, 3.05) is 0 Å². The van der Waals surface area contributed by atoms with Crippen molar-refractivity contribution in [1.29, 1.82) is 26.8 Å². The molecule has 0 saturated carbocycles. The molecule has 0 radical (unpaired) electrons. The summed E-state index contributed by atoms with van der Waals surface area (Å²) in [6, 6.07) is 70.1. The molecule has 650 valence electrons. The third-order valence-corrected chi connectivity index (χ3v) is 22.6. The molecule has 0 bridgehead atoms. The lowest BCUT2D eigenvalue weighted by atomic mass is 10.0. The lowest BCUT2D eigenvalue weighted by Gasteiger charge is -2.03. The molecule has 0 aliphatic rings. The monoisotopic (exact) mass is 1890 g/mol. The number of nitrogens with one attached hydrogen (secondary N) is 8. The minimum Gasteiger partial charge on any atom is -0.504 e. The number of rotatable bonds is 14. The standard InChI is InChI=1S/C23H19N7O.C18H15BrN6O.C18H12BrN5O.C18H13N5O.C17H14ClN7O/c1-30-20(23-27-17-9-8-15(22(24)25)11-18(17)28-23)21(31)19(29-30)14-6-4-13(5-7-14)16-3-2-10-26-12-16;1-25-15(16(26)14(24-25)9-2-5-11(19)6-3-9)18-22-12-7-4-10(17(20)21)8-13(12)23-18;1-24-16(17(25)15(23-24)11-3-5-12(19)6-4-11)18-21-13-7-2-10(9-20)8-14(13)22-18;1-23-16(17(24)15(22-23)12-5-3-2-4-6-12)18-20-13-8-7-11(10-19)9-14(13)21-18;1-25-14(15(26)13(24-25)9-3-5-12(18)21-7-9)17-22-10-4-2-8(16(19)20)6-11(10)23-17/h2-12,31H,1H3,(H3,24,25)(H,27,28);2-8,26H,1H3,(H3,20,21)(H,22,23);2-8,25H,1H3,(H,21,22);2-9,24H,1H3,(H,20,21);2-7,26H,1H3,(H3,19,20)(H,22,23). The number of benzene rings is 9. The molecule has 12 heterocycles. The molecule has 21 rings (SSSR count). The fraction of sp³-hybridized carbons (Fsp3) is 0.0532. The Morgan fingerprint density at radius 2 is 0.621 bits per heavy atom. The fourth-order valence-electron chi connectivity index (χ4n) is 14.8. The van der Waals surface area contributed by atoms with Gasteiger partial charge < -0.3 is 67.7 Å². The van der Waals surface area contributed by atoms with Crippen LogP contribution in [0.3, 0.4) is 0 Å². The minimum absolute atomic E-state index is 0.0102. The van der Waals surface area contributed by atoms with Crippen molar-refractivity contribution in [3.63, 3.8) is 0 Å². The Kier molecular flexibility index (Phi) is 23.6. The quantitative estimate of drug-likeness (QED) is 0.0273. The molecule has 0 unspecified atom stereocenters. The molecule has 35 nitrogen and oxygen atoms in total. The van der Waals surface area contributed by atoms with E-state index >= 15 is 0 Å². The van der Waals surface area contributed by atoms with E-state index in [2.05, 4.69) is 129 Å². The Bertz CT molecular complexity index is 7950. The largest absolute Gasteiger partial charge is 0.504 e.